The maximum absolute atomic E-state index is 12.0. The highest BCUT2D eigenvalue weighted by Gasteiger charge is 2.31. The van der Waals surface area contributed by atoms with E-state index < -0.39 is 6.04 Å². The van der Waals surface area contributed by atoms with E-state index in [2.05, 4.69) is 5.32 Å². The first-order chi connectivity index (χ1) is 8.74. The monoisotopic (exact) mass is 250 g/mol. The number of aromatic hydroxyl groups is 1. The van der Waals surface area contributed by atoms with Gasteiger partial charge in [0, 0.05) is 31.7 Å². The lowest BCUT2D eigenvalue weighted by Gasteiger charge is -2.33. The first kappa shape index (κ1) is 12.9. The summed E-state index contributed by atoms with van der Waals surface area (Å²) in [7, 11) is 1.37. The molecule has 5 nitrogen and oxygen atoms in total. The SMILES string of the molecule is COC(=O)C(c1ccccc1O)N1CCNCC1. The number of hydrogen-bond donors (Lipinski definition) is 2. The summed E-state index contributed by atoms with van der Waals surface area (Å²) >= 11 is 0. The number of esters is 1. The van der Waals surface area contributed by atoms with Crippen molar-refractivity contribution in [3.8, 4) is 5.75 Å². The number of ether oxygens (including phenoxy) is 1. The molecular weight excluding hydrogens is 232 g/mol. The van der Waals surface area contributed by atoms with E-state index in [0.29, 0.717) is 5.56 Å². The molecular formula is C13H18N2O3. The Morgan fingerprint density at radius 1 is 1.39 bits per heavy atom. The summed E-state index contributed by atoms with van der Waals surface area (Å²) in [6.07, 6.45) is 0. The van der Waals surface area contributed by atoms with Gasteiger partial charge in [0.05, 0.1) is 7.11 Å². The molecule has 0 bridgehead atoms. The molecule has 1 unspecified atom stereocenters. The first-order valence-electron chi connectivity index (χ1n) is 6.04. The maximum atomic E-state index is 12.0. The number of carbonyl (C=O) groups is 1. The molecule has 0 radical (unpaired) electrons. The lowest BCUT2D eigenvalue weighted by atomic mass is 10.0. The van der Waals surface area contributed by atoms with Crippen LogP contribution in [0, 0.1) is 0 Å². The number of nitrogens with zero attached hydrogens (tertiary/aromatic N) is 1. The lowest BCUT2D eigenvalue weighted by molar-refractivity contribution is -0.147. The van der Waals surface area contributed by atoms with E-state index in [1.807, 2.05) is 11.0 Å². The van der Waals surface area contributed by atoms with Gasteiger partial charge in [0.25, 0.3) is 0 Å². The van der Waals surface area contributed by atoms with Gasteiger partial charge < -0.3 is 15.2 Å². The van der Waals surface area contributed by atoms with Crippen molar-refractivity contribution < 1.29 is 14.6 Å². The molecule has 98 valence electrons. The van der Waals surface area contributed by atoms with Crippen LogP contribution in [0.25, 0.3) is 0 Å². The Labute approximate surface area is 106 Å². The Balaban J connectivity index is 2.30. The summed E-state index contributed by atoms with van der Waals surface area (Å²) in [4.78, 5) is 14.0. The van der Waals surface area contributed by atoms with E-state index in [1.54, 1.807) is 18.2 Å². The third-order valence-corrected chi connectivity index (χ3v) is 3.17. The number of rotatable bonds is 3. The van der Waals surface area contributed by atoms with Gasteiger partial charge in [0.2, 0.25) is 0 Å². The zero-order chi connectivity index (χ0) is 13.0. The highest BCUT2D eigenvalue weighted by atomic mass is 16.5. The fourth-order valence-electron chi connectivity index (χ4n) is 2.24. The van der Waals surface area contributed by atoms with Gasteiger partial charge in [-0.05, 0) is 6.07 Å². The predicted molar refractivity (Wildman–Crippen MR) is 67.3 cm³/mol. The number of piperazine rings is 1. The van der Waals surface area contributed by atoms with Gasteiger partial charge in [0.15, 0.2) is 0 Å². The molecule has 1 aromatic carbocycles. The zero-order valence-corrected chi connectivity index (χ0v) is 10.4. The van der Waals surface area contributed by atoms with E-state index in [-0.39, 0.29) is 11.7 Å². The molecule has 1 aliphatic rings. The van der Waals surface area contributed by atoms with Gasteiger partial charge in [-0.1, -0.05) is 18.2 Å². The average Bonchev–Trinajstić information content (AvgIpc) is 2.42. The third-order valence-electron chi connectivity index (χ3n) is 3.17. The number of nitrogens with one attached hydrogen (secondary N) is 1. The lowest BCUT2D eigenvalue weighted by Crippen LogP contribution is -2.47. The van der Waals surface area contributed by atoms with E-state index in [1.165, 1.54) is 7.11 Å². The minimum Gasteiger partial charge on any atom is -0.508 e. The van der Waals surface area contributed by atoms with Crippen LogP contribution in [-0.2, 0) is 9.53 Å². The number of methoxy groups -OCH3 is 1. The van der Waals surface area contributed by atoms with Crippen LogP contribution in [0.2, 0.25) is 0 Å². The predicted octanol–water partition coefficient (Wildman–Crippen LogP) is 0.511. The van der Waals surface area contributed by atoms with Crippen molar-refractivity contribution in [1.82, 2.24) is 10.2 Å². The Bertz CT molecular complexity index is 416. The molecule has 0 spiro atoms. The fraction of sp³-hybridized carbons (Fsp3) is 0.462. The van der Waals surface area contributed by atoms with Crippen molar-refractivity contribution >= 4 is 5.97 Å². The van der Waals surface area contributed by atoms with E-state index in [9.17, 15) is 9.90 Å². The van der Waals surface area contributed by atoms with Crippen LogP contribution in [-0.4, -0.2) is 49.3 Å². The topological polar surface area (TPSA) is 61.8 Å². The Morgan fingerprint density at radius 3 is 2.67 bits per heavy atom. The summed E-state index contributed by atoms with van der Waals surface area (Å²) in [5.74, 6) is -0.204. The quantitative estimate of drug-likeness (QED) is 0.765. The molecule has 1 heterocycles. The number of phenols is 1. The molecule has 5 heteroatoms. The van der Waals surface area contributed by atoms with Crippen molar-refractivity contribution in [2.75, 3.05) is 33.3 Å². The molecule has 2 N–H and O–H groups in total. The van der Waals surface area contributed by atoms with Crippen LogP contribution in [0.4, 0.5) is 0 Å². The second kappa shape index (κ2) is 5.84. The molecule has 2 rings (SSSR count). The van der Waals surface area contributed by atoms with E-state index >= 15 is 0 Å². The molecule has 0 amide bonds. The van der Waals surface area contributed by atoms with Gasteiger partial charge in [0.1, 0.15) is 11.8 Å². The highest BCUT2D eigenvalue weighted by molar-refractivity contribution is 5.78. The maximum Gasteiger partial charge on any atom is 0.327 e. The Hall–Kier alpha value is -1.59. The van der Waals surface area contributed by atoms with Gasteiger partial charge in [-0.25, -0.2) is 4.79 Å². The largest absolute Gasteiger partial charge is 0.508 e. The second-order valence-corrected chi connectivity index (χ2v) is 4.27. The molecule has 1 saturated heterocycles. The van der Waals surface area contributed by atoms with Crippen LogP contribution in [0.3, 0.4) is 0 Å². The fourth-order valence-corrected chi connectivity index (χ4v) is 2.24. The van der Waals surface area contributed by atoms with Gasteiger partial charge in [-0.2, -0.15) is 0 Å². The van der Waals surface area contributed by atoms with Crippen LogP contribution in [0.1, 0.15) is 11.6 Å². The number of phenolic OH excluding ortho intramolecular Hbond substituents is 1. The van der Waals surface area contributed by atoms with Crippen LogP contribution in [0.15, 0.2) is 24.3 Å². The molecule has 1 aromatic rings. The molecule has 0 saturated carbocycles. The normalized spacial score (nSPS) is 18.3. The summed E-state index contributed by atoms with van der Waals surface area (Å²) < 4.78 is 4.86. The van der Waals surface area contributed by atoms with Crippen molar-refractivity contribution in [1.29, 1.82) is 0 Å². The summed E-state index contributed by atoms with van der Waals surface area (Å²) in [5, 5.41) is 13.1. The Morgan fingerprint density at radius 2 is 2.06 bits per heavy atom. The minimum absolute atomic E-state index is 0.131. The molecule has 1 aliphatic heterocycles. The minimum atomic E-state index is -0.529. The van der Waals surface area contributed by atoms with Crippen molar-refractivity contribution in [3.05, 3.63) is 29.8 Å². The third kappa shape index (κ3) is 2.63. The van der Waals surface area contributed by atoms with Crippen LogP contribution < -0.4 is 5.32 Å². The smallest absolute Gasteiger partial charge is 0.327 e. The summed E-state index contributed by atoms with van der Waals surface area (Å²) in [6, 6.07) is 6.38. The standard InChI is InChI=1S/C13H18N2O3/c1-18-13(17)12(15-8-6-14-7-9-15)10-4-2-3-5-11(10)16/h2-5,12,14,16H,6-9H2,1H3. The number of para-hydroxylation sites is 1. The van der Waals surface area contributed by atoms with Crippen molar-refractivity contribution in [3.63, 3.8) is 0 Å². The van der Waals surface area contributed by atoms with Crippen LogP contribution >= 0.6 is 0 Å². The highest BCUT2D eigenvalue weighted by Crippen LogP contribution is 2.29. The van der Waals surface area contributed by atoms with Gasteiger partial charge in [-0.15, -0.1) is 0 Å². The van der Waals surface area contributed by atoms with Gasteiger partial charge >= 0.3 is 5.97 Å². The molecule has 0 aromatic heterocycles. The van der Waals surface area contributed by atoms with E-state index in [0.717, 1.165) is 26.2 Å². The van der Waals surface area contributed by atoms with Crippen molar-refractivity contribution in [2.45, 2.75) is 6.04 Å². The molecule has 0 aliphatic carbocycles. The summed E-state index contributed by atoms with van der Waals surface area (Å²) in [6.45, 7) is 3.18. The molecule has 1 fully saturated rings. The molecule has 18 heavy (non-hydrogen) atoms. The van der Waals surface area contributed by atoms with E-state index in [4.69, 9.17) is 4.74 Å². The molecule has 1 atom stereocenters. The first-order valence-corrected chi connectivity index (χ1v) is 6.04. The number of benzene rings is 1. The van der Waals surface area contributed by atoms with Crippen molar-refractivity contribution in [2.24, 2.45) is 0 Å². The zero-order valence-electron chi connectivity index (χ0n) is 10.4. The average molecular weight is 250 g/mol. The number of hydrogen-bond acceptors (Lipinski definition) is 5. The van der Waals surface area contributed by atoms with Crippen LogP contribution in [0.5, 0.6) is 5.75 Å². The second-order valence-electron chi connectivity index (χ2n) is 4.27. The number of carbonyl (C=O) groups excluding carboxylic acids is 1. The van der Waals surface area contributed by atoms with Gasteiger partial charge in [-0.3, -0.25) is 4.90 Å². The summed E-state index contributed by atoms with van der Waals surface area (Å²) in [5.41, 5.74) is 0.603. The Kier molecular flexibility index (Phi) is 4.17.